The average molecular weight is 372 g/mol. The van der Waals surface area contributed by atoms with Crippen LogP contribution in [0.5, 0.6) is 0 Å². The SMILES string of the molecule is OC[C@H]1O[C@@H](N2C=NC3=C(NC4CCCC4)NC(Cl)=NC32)[C@H](O)[C@@H]1O. The standard InChI is InChI=1S/C15H22ClN5O4/c16-15-19-12(18-7-3-1-2-4-7)9-13(20-15)21(6-17-9)14-11(24)10(23)8(5-22)25-14/h6-8,10-11,13-14,18,22-24H,1-5H2,(H,19,20)/t8-,10-,11-,13?,14-/m1/s1. The highest BCUT2D eigenvalue weighted by atomic mass is 35.5. The first-order valence-electron chi connectivity index (χ1n) is 8.53. The van der Waals surface area contributed by atoms with Crippen LogP contribution in [0.15, 0.2) is 21.5 Å². The first kappa shape index (κ1) is 17.0. The second-order valence-electron chi connectivity index (χ2n) is 6.73. The molecule has 0 aromatic carbocycles. The van der Waals surface area contributed by atoms with E-state index >= 15 is 0 Å². The van der Waals surface area contributed by atoms with Crippen molar-refractivity contribution in [3.63, 3.8) is 0 Å². The van der Waals surface area contributed by atoms with Crippen molar-refractivity contribution in [3.05, 3.63) is 11.5 Å². The maximum atomic E-state index is 10.3. The Balaban J connectivity index is 1.56. The van der Waals surface area contributed by atoms with E-state index in [1.54, 1.807) is 4.90 Å². The third-order valence-corrected chi connectivity index (χ3v) is 5.28. The van der Waals surface area contributed by atoms with E-state index < -0.39 is 30.7 Å². The summed E-state index contributed by atoms with van der Waals surface area (Å²) in [6, 6.07) is 0.372. The Bertz CT molecular complexity index is 621. The summed E-state index contributed by atoms with van der Waals surface area (Å²) < 4.78 is 5.58. The van der Waals surface area contributed by atoms with Crippen molar-refractivity contribution in [2.75, 3.05) is 6.61 Å². The van der Waals surface area contributed by atoms with Gasteiger partial charge in [0.2, 0.25) is 0 Å². The van der Waals surface area contributed by atoms with E-state index in [4.69, 9.17) is 16.3 Å². The van der Waals surface area contributed by atoms with Crippen molar-refractivity contribution < 1.29 is 20.1 Å². The van der Waals surface area contributed by atoms with Crippen LogP contribution >= 0.6 is 11.6 Å². The van der Waals surface area contributed by atoms with Crippen LogP contribution in [0.25, 0.3) is 0 Å². The van der Waals surface area contributed by atoms with Gasteiger partial charge < -0.3 is 35.6 Å². The smallest absolute Gasteiger partial charge is 0.199 e. The number of hydrogen-bond acceptors (Lipinski definition) is 9. The molecule has 10 heteroatoms. The minimum absolute atomic E-state index is 0.219. The predicted octanol–water partition coefficient (Wildman–Crippen LogP) is -1.01. The van der Waals surface area contributed by atoms with Gasteiger partial charge in [-0.15, -0.1) is 0 Å². The Labute approximate surface area is 150 Å². The van der Waals surface area contributed by atoms with Gasteiger partial charge in [0.15, 0.2) is 17.7 Å². The lowest BCUT2D eigenvalue weighted by Crippen LogP contribution is -2.49. The zero-order chi connectivity index (χ0) is 17.6. The Kier molecular flexibility index (Phi) is 4.59. The van der Waals surface area contributed by atoms with Crippen LogP contribution in [0.4, 0.5) is 0 Å². The van der Waals surface area contributed by atoms with Crippen LogP contribution in [0.3, 0.4) is 0 Å². The fourth-order valence-electron chi connectivity index (χ4n) is 3.74. The van der Waals surface area contributed by atoms with E-state index in [0.717, 1.165) is 12.8 Å². The Morgan fingerprint density at radius 1 is 1.32 bits per heavy atom. The van der Waals surface area contributed by atoms with Crippen molar-refractivity contribution in [2.24, 2.45) is 9.98 Å². The molecular weight excluding hydrogens is 350 g/mol. The Morgan fingerprint density at radius 2 is 2.08 bits per heavy atom. The molecule has 5 atom stereocenters. The number of rotatable bonds is 4. The van der Waals surface area contributed by atoms with Gasteiger partial charge in [-0.05, 0) is 24.4 Å². The number of amidine groups is 1. The summed E-state index contributed by atoms with van der Waals surface area (Å²) >= 11 is 6.15. The minimum Gasteiger partial charge on any atom is -0.394 e. The lowest BCUT2D eigenvalue weighted by atomic mass is 10.1. The lowest BCUT2D eigenvalue weighted by molar-refractivity contribution is -0.0751. The van der Waals surface area contributed by atoms with E-state index in [2.05, 4.69) is 20.6 Å². The maximum Gasteiger partial charge on any atom is 0.199 e. The van der Waals surface area contributed by atoms with Gasteiger partial charge in [0.1, 0.15) is 29.8 Å². The largest absolute Gasteiger partial charge is 0.394 e. The zero-order valence-corrected chi connectivity index (χ0v) is 14.3. The number of fused-ring (bicyclic) bond motifs is 1. The van der Waals surface area contributed by atoms with E-state index in [0.29, 0.717) is 17.6 Å². The second-order valence-corrected chi connectivity index (χ2v) is 7.08. The molecule has 0 bridgehead atoms. The van der Waals surface area contributed by atoms with E-state index in [9.17, 15) is 15.3 Å². The topological polar surface area (TPSA) is 122 Å². The second kappa shape index (κ2) is 6.73. The number of hydrogen-bond donors (Lipinski definition) is 5. The number of ether oxygens (including phenoxy) is 1. The molecule has 3 aliphatic heterocycles. The first-order valence-corrected chi connectivity index (χ1v) is 8.91. The number of halogens is 1. The molecule has 3 heterocycles. The van der Waals surface area contributed by atoms with Gasteiger partial charge in [0.05, 0.1) is 12.9 Å². The molecule has 1 saturated heterocycles. The summed E-state index contributed by atoms with van der Waals surface area (Å²) in [5.41, 5.74) is 0.661. The van der Waals surface area contributed by atoms with Crippen molar-refractivity contribution in [1.82, 2.24) is 15.5 Å². The maximum absolute atomic E-state index is 10.3. The van der Waals surface area contributed by atoms with E-state index in [1.165, 1.54) is 19.2 Å². The summed E-state index contributed by atoms with van der Waals surface area (Å²) in [6.45, 7) is -0.382. The van der Waals surface area contributed by atoms with Crippen LogP contribution in [-0.2, 0) is 4.74 Å². The molecule has 4 rings (SSSR count). The van der Waals surface area contributed by atoms with Gasteiger partial charge >= 0.3 is 0 Å². The van der Waals surface area contributed by atoms with Gasteiger partial charge in [-0.1, -0.05) is 12.8 Å². The quantitative estimate of drug-likeness (QED) is 0.401. The zero-order valence-electron chi connectivity index (χ0n) is 13.5. The fraction of sp³-hybridized carbons (Fsp3) is 0.733. The van der Waals surface area contributed by atoms with Crippen molar-refractivity contribution in [3.8, 4) is 0 Å². The number of aliphatic hydroxyl groups excluding tert-OH is 3. The Morgan fingerprint density at radius 3 is 2.76 bits per heavy atom. The number of nitrogens with zero attached hydrogens (tertiary/aromatic N) is 3. The summed E-state index contributed by atoms with van der Waals surface area (Å²) in [7, 11) is 0. The van der Waals surface area contributed by atoms with Gasteiger partial charge in [-0.25, -0.2) is 9.98 Å². The number of aliphatic hydroxyl groups is 3. The molecule has 9 nitrogen and oxygen atoms in total. The highest BCUT2D eigenvalue weighted by molar-refractivity contribution is 6.65. The van der Waals surface area contributed by atoms with Crippen molar-refractivity contribution in [1.29, 1.82) is 0 Å². The van der Waals surface area contributed by atoms with Crippen LogP contribution < -0.4 is 10.6 Å². The fourth-order valence-corrected chi connectivity index (χ4v) is 3.93. The molecule has 138 valence electrons. The van der Waals surface area contributed by atoms with Crippen molar-refractivity contribution >= 4 is 23.2 Å². The molecule has 0 aromatic heterocycles. The molecule has 2 fully saturated rings. The van der Waals surface area contributed by atoms with Crippen LogP contribution in [0, 0.1) is 0 Å². The van der Waals surface area contributed by atoms with Crippen LogP contribution in [0.2, 0.25) is 0 Å². The van der Waals surface area contributed by atoms with Crippen LogP contribution in [0.1, 0.15) is 25.7 Å². The molecule has 0 amide bonds. The monoisotopic (exact) mass is 371 g/mol. The molecule has 5 N–H and O–H groups in total. The molecule has 1 saturated carbocycles. The number of nitrogens with one attached hydrogen (secondary N) is 2. The van der Waals surface area contributed by atoms with Gasteiger partial charge in [-0.3, -0.25) is 0 Å². The van der Waals surface area contributed by atoms with Gasteiger partial charge in [0, 0.05) is 6.04 Å². The average Bonchev–Trinajstić information content (AvgIpc) is 3.29. The third-order valence-electron chi connectivity index (χ3n) is 5.09. The Hall–Kier alpha value is -1.39. The third kappa shape index (κ3) is 3.00. The normalized spacial score (nSPS) is 38.2. The van der Waals surface area contributed by atoms with E-state index in [1.807, 2.05) is 0 Å². The van der Waals surface area contributed by atoms with Crippen LogP contribution in [-0.4, -0.2) is 75.2 Å². The molecule has 4 aliphatic rings. The van der Waals surface area contributed by atoms with Gasteiger partial charge in [-0.2, -0.15) is 0 Å². The van der Waals surface area contributed by atoms with Crippen molar-refractivity contribution in [2.45, 2.75) is 62.4 Å². The lowest BCUT2D eigenvalue weighted by Gasteiger charge is -2.32. The highest BCUT2D eigenvalue weighted by Crippen LogP contribution is 2.32. The summed E-state index contributed by atoms with van der Waals surface area (Å²) in [4.78, 5) is 10.4. The molecule has 0 aromatic rings. The highest BCUT2D eigenvalue weighted by Gasteiger charge is 2.49. The minimum atomic E-state index is -1.18. The predicted molar refractivity (Wildman–Crippen MR) is 90.7 cm³/mol. The molecule has 25 heavy (non-hydrogen) atoms. The molecule has 0 spiro atoms. The van der Waals surface area contributed by atoms with E-state index in [-0.39, 0.29) is 11.9 Å². The van der Waals surface area contributed by atoms with Gasteiger partial charge in [0.25, 0.3) is 0 Å². The molecular formula is C15H22ClN5O4. The molecule has 0 radical (unpaired) electrons. The first-order chi connectivity index (χ1) is 12.1. The molecule has 1 unspecified atom stereocenters. The summed E-state index contributed by atoms with van der Waals surface area (Å²) in [6.07, 6.45) is 1.50. The summed E-state index contributed by atoms with van der Waals surface area (Å²) in [5, 5.41) is 36.2. The molecule has 1 aliphatic carbocycles. The summed E-state index contributed by atoms with van der Waals surface area (Å²) in [5.74, 6) is 0.711. The number of aliphatic imine (C=N–C) groups is 2.